The number of aromatic nitrogens is 1. The van der Waals surface area contributed by atoms with Gasteiger partial charge in [-0.05, 0) is 24.3 Å². The van der Waals surface area contributed by atoms with E-state index in [0.717, 1.165) is 16.2 Å². The second-order valence-electron chi connectivity index (χ2n) is 4.30. The molecule has 3 rings (SSSR count). The van der Waals surface area contributed by atoms with Crippen LogP contribution in [0.15, 0.2) is 40.6 Å². The van der Waals surface area contributed by atoms with Crippen LogP contribution in [0.2, 0.25) is 14.4 Å². The molecule has 0 saturated carbocycles. The fourth-order valence-electron chi connectivity index (χ4n) is 1.79. The van der Waals surface area contributed by atoms with Crippen molar-refractivity contribution in [3.05, 3.63) is 50.1 Å². The van der Waals surface area contributed by atoms with Crippen molar-refractivity contribution in [2.45, 2.75) is 4.90 Å². The molecule has 1 N–H and O–H groups in total. The molecule has 2 aromatic heterocycles. The average Bonchev–Trinajstić information content (AvgIpc) is 3.06. The van der Waals surface area contributed by atoms with Crippen LogP contribution in [0, 0.1) is 0 Å². The van der Waals surface area contributed by atoms with E-state index in [1.807, 2.05) is 6.07 Å². The molecule has 0 aliphatic rings. The van der Waals surface area contributed by atoms with Crippen molar-refractivity contribution in [3.8, 4) is 10.6 Å². The number of halogens is 3. The Balaban J connectivity index is 1.91. The summed E-state index contributed by atoms with van der Waals surface area (Å²) >= 11 is 20.3. The molecule has 2 heterocycles. The average molecular weight is 426 g/mol. The summed E-state index contributed by atoms with van der Waals surface area (Å²) < 4.78 is 28.0. The zero-order chi connectivity index (χ0) is 16.6. The molecule has 0 amide bonds. The minimum Gasteiger partial charge on any atom is -0.255 e. The van der Waals surface area contributed by atoms with Gasteiger partial charge in [0.05, 0.1) is 25.0 Å². The number of rotatable bonds is 4. The fourth-order valence-corrected chi connectivity index (χ4v) is 5.98. The van der Waals surface area contributed by atoms with Crippen LogP contribution in [0.4, 0.5) is 5.13 Å². The van der Waals surface area contributed by atoms with Gasteiger partial charge >= 0.3 is 0 Å². The van der Waals surface area contributed by atoms with Crippen molar-refractivity contribution < 1.29 is 8.42 Å². The number of thiazole rings is 1. The van der Waals surface area contributed by atoms with Crippen LogP contribution in [-0.2, 0) is 10.0 Å². The first-order chi connectivity index (χ1) is 10.9. The normalized spacial score (nSPS) is 11.6. The van der Waals surface area contributed by atoms with Gasteiger partial charge < -0.3 is 0 Å². The van der Waals surface area contributed by atoms with Crippen LogP contribution >= 0.6 is 57.5 Å². The smallest absolute Gasteiger partial charge is 0.255 e. The number of hydrogen-bond donors (Lipinski definition) is 1. The number of anilines is 1. The van der Waals surface area contributed by atoms with Crippen LogP contribution in [0.1, 0.15) is 0 Å². The van der Waals surface area contributed by atoms with Crippen molar-refractivity contribution in [1.29, 1.82) is 0 Å². The molecule has 0 radical (unpaired) electrons. The molecule has 0 spiro atoms. The summed E-state index contributed by atoms with van der Waals surface area (Å²) in [6.07, 6.45) is 0. The van der Waals surface area contributed by atoms with E-state index in [1.54, 1.807) is 17.5 Å². The topological polar surface area (TPSA) is 59.1 Å². The fraction of sp³-hybridized carbons (Fsp3) is 0. The van der Waals surface area contributed by atoms with Crippen LogP contribution < -0.4 is 4.72 Å². The van der Waals surface area contributed by atoms with E-state index in [4.69, 9.17) is 34.8 Å². The second-order valence-corrected chi connectivity index (χ2v) is 9.30. The Hall–Kier alpha value is -0.830. The van der Waals surface area contributed by atoms with E-state index < -0.39 is 10.0 Å². The monoisotopic (exact) mass is 424 g/mol. The Bertz CT molecular complexity index is 946. The minimum atomic E-state index is -3.93. The van der Waals surface area contributed by atoms with E-state index >= 15 is 0 Å². The number of nitrogens with zero attached hydrogens (tertiary/aromatic N) is 1. The van der Waals surface area contributed by atoms with Crippen LogP contribution in [0.25, 0.3) is 10.6 Å². The lowest BCUT2D eigenvalue weighted by molar-refractivity contribution is 0.601. The van der Waals surface area contributed by atoms with Gasteiger partial charge in [0, 0.05) is 5.38 Å². The summed E-state index contributed by atoms with van der Waals surface area (Å²) in [5.41, 5.74) is 0.648. The molecule has 0 aliphatic carbocycles. The third kappa shape index (κ3) is 3.65. The molecular formula is C13H7Cl3N2O2S3. The predicted molar refractivity (Wildman–Crippen MR) is 97.7 cm³/mol. The van der Waals surface area contributed by atoms with Crippen LogP contribution in [0.3, 0.4) is 0 Å². The molecule has 10 heteroatoms. The predicted octanol–water partition coefficient (Wildman–Crippen LogP) is 5.63. The SMILES string of the molecule is O=S(=O)(Nc1nc(-c2ccc(Cl)s2)cs1)c1c(Cl)cccc1Cl. The molecule has 0 fully saturated rings. The molecule has 3 aromatic rings. The van der Waals surface area contributed by atoms with Crippen LogP contribution in [-0.4, -0.2) is 13.4 Å². The maximum atomic E-state index is 12.5. The lowest BCUT2D eigenvalue weighted by Crippen LogP contribution is -2.13. The number of hydrogen-bond acceptors (Lipinski definition) is 5. The van der Waals surface area contributed by atoms with Gasteiger partial charge in [0.25, 0.3) is 10.0 Å². The Morgan fingerprint density at radius 3 is 2.35 bits per heavy atom. The zero-order valence-electron chi connectivity index (χ0n) is 11.1. The van der Waals surface area contributed by atoms with Gasteiger partial charge in [-0.1, -0.05) is 40.9 Å². The Morgan fingerprint density at radius 2 is 1.74 bits per heavy atom. The van der Waals surface area contributed by atoms with E-state index in [1.165, 1.54) is 23.5 Å². The first-order valence-electron chi connectivity index (χ1n) is 6.05. The highest BCUT2D eigenvalue weighted by Crippen LogP contribution is 2.35. The Labute approximate surface area is 155 Å². The third-order valence-corrected chi connectivity index (χ3v) is 7.17. The van der Waals surface area contributed by atoms with Crippen molar-refractivity contribution >= 4 is 72.6 Å². The number of thiophene rings is 1. The molecule has 1 aromatic carbocycles. The standard InChI is InChI=1S/C13H7Cl3N2O2S3/c14-7-2-1-3-8(15)12(7)23(19,20)18-13-17-9(6-21-13)10-4-5-11(16)22-10/h1-6H,(H,17,18). The van der Waals surface area contributed by atoms with Gasteiger partial charge in [-0.25, -0.2) is 13.4 Å². The van der Waals surface area contributed by atoms with Gasteiger partial charge in [-0.15, -0.1) is 22.7 Å². The highest BCUT2D eigenvalue weighted by molar-refractivity contribution is 7.93. The highest BCUT2D eigenvalue weighted by Gasteiger charge is 2.23. The van der Waals surface area contributed by atoms with Crippen molar-refractivity contribution in [2.24, 2.45) is 0 Å². The number of nitrogens with one attached hydrogen (secondary N) is 1. The lowest BCUT2D eigenvalue weighted by Gasteiger charge is -2.08. The summed E-state index contributed by atoms with van der Waals surface area (Å²) in [6.45, 7) is 0. The lowest BCUT2D eigenvalue weighted by atomic mass is 10.4. The first-order valence-corrected chi connectivity index (χ1v) is 10.4. The number of sulfonamides is 1. The van der Waals surface area contributed by atoms with Gasteiger partial charge in [-0.2, -0.15) is 0 Å². The summed E-state index contributed by atoms with van der Waals surface area (Å²) in [5.74, 6) is 0. The molecule has 0 unspecified atom stereocenters. The van der Waals surface area contributed by atoms with E-state index in [0.29, 0.717) is 10.0 Å². The summed E-state index contributed by atoms with van der Waals surface area (Å²) in [5, 5.41) is 2.06. The second kappa shape index (κ2) is 6.58. The van der Waals surface area contributed by atoms with Crippen molar-refractivity contribution in [2.75, 3.05) is 4.72 Å². The Morgan fingerprint density at radius 1 is 1.04 bits per heavy atom. The van der Waals surface area contributed by atoms with Gasteiger partial charge in [0.2, 0.25) is 0 Å². The van der Waals surface area contributed by atoms with Crippen LogP contribution in [0.5, 0.6) is 0 Å². The van der Waals surface area contributed by atoms with E-state index in [2.05, 4.69) is 9.71 Å². The zero-order valence-corrected chi connectivity index (χ0v) is 15.8. The van der Waals surface area contributed by atoms with E-state index in [9.17, 15) is 8.42 Å². The largest absolute Gasteiger partial charge is 0.266 e. The Kier molecular flexibility index (Phi) is 4.87. The van der Waals surface area contributed by atoms with Gasteiger partial charge in [0.15, 0.2) is 5.13 Å². The number of benzene rings is 1. The molecule has 4 nitrogen and oxygen atoms in total. The molecule has 120 valence electrons. The molecule has 0 bridgehead atoms. The minimum absolute atomic E-state index is 0.0480. The maximum absolute atomic E-state index is 12.5. The summed E-state index contributed by atoms with van der Waals surface area (Å²) in [7, 11) is -3.93. The summed E-state index contributed by atoms with van der Waals surface area (Å²) in [4.78, 5) is 4.94. The molecular weight excluding hydrogens is 419 g/mol. The van der Waals surface area contributed by atoms with Crippen molar-refractivity contribution in [1.82, 2.24) is 4.98 Å². The molecule has 0 atom stereocenters. The maximum Gasteiger partial charge on any atom is 0.266 e. The molecule has 23 heavy (non-hydrogen) atoms. The van der Waals surface area contributed by atoms with Gasteiger partial charge in [-0.3, -0.25) is 4.72 Å². The molecule has 0 saturated heterocycles. The first kappa shape index (κ1) is 17.0. The van der Waals surface area contributed by atoms with Crippen molar-refractivity contribution in [3.63, 3.8) is 0 Å². The highest BCUT2D eigenvalue weighted by atomic mass is 35.5. The van der Waals surface area contributed by atoms with Gasteiger partial charge in [0.1, 0.15) is 4.90 Å². The molecule has 0 aliphatic heterocycles. The third-order valence-electron chi connectivity index (χ3n) is 2.74. The quantitative estimate of drug-likeness (QED) is 0.589. The summed E-state index contributed by atoms with van der Waals surface area (Å²) in [6, 6.07) is 8.08. The van der Waals surface area contributed by atoms with E-state index in [-0.39, 0.29) is 20.1 Å².